The van der Waals surface area contributed by atoms with Crippen LogP contribution in [-0.4, -0.2) is 31.4 Å². The van der Waals surface area contributed by atoms with Gasteiger partial charge < -0.3 is 20.1 Å². The maximum atomic E-state index is 12.4. The number of rotatable bonds is 5. The molecule has 0 saturated heterocycles. The lowest BCUT2D eigenvalue weighted by atomic mass is 9.96. The second-order valence-corrected chi connectivity index (χ2v) is 6.07. The number of esters is 1. The van der Waals surface area contributed by atoms with Crippen LogP contribution in [0, 0.1) is 0 Å². The molecule has 0 fully saturated rings. The van der Waals surface area contributed by atoms with Crippen molar-refractivity contribution in [2.75, 3.05) is 20.3 Å². The lowest BCUT2D eigenvalue weighted by Gasteiger charge is -2.29. The van der Waals surface area contributed by atoms with E-state index in [4.69, 9.17) is 21.7 Å². The number of halogens is 1. The zero-order valence-electron chi connectivity index (χ0n) is 12.3. The Morgan fingerprint density at radius 1 is 1.32 bits per heavy atom. The van der Waals surface area contributed by atoms with Crippen LogP contribution in [0.4, 0.5) is 0 Å². The van der Waals surface area contributed by atoms with Gasteiger partial charge >= 0.3 is 5.97 Å². The number of nitrogens with one attached hydrogen (secondary N) is 2. The molecule has 22 heavy (non-hydrogen) atoms. The van der Waals surface area contributed by atoms with Crippen LogP contribution in [-0.2, 0) is 14.3 Å². The van der Waals surface area contributed by atoms with Gasteiger partial charge in [-0.15, -0.1) is 0 Å². The summed E-state index contributed by atoms with van der Waals surface area (Å²) in [4.78, 5) is 12.4. The minimum Gasteiger partial charge on any atom is -0.460 e. The molecule has 118 valence electrons. The number of hydrogen-bond acceptors (Lipinski definition) is 4. The summed E-state index contributed by atoms with van der Waals surface area (Å²) in [6.07, 6.45) is 0. The van der Waals surface area contributed by atoms with Crippen LogP contribution >= 0.6 is 28.1 Å². The lowest BCUT2D eigenvalue weighted by molar-refractivity contribution is -0.140. The zero-order valence-corrected chi connectivity index (χ0v) is 14.7. The topological polar surface area (TPSA) is 59.6 Å². The number of carbonyl (C=O) groups excluding carboxylic acids is 1. The summed E-state index contributed by atoms with van der Waals surface area (Å²) in [5, 5.41) is 6.57. The quantitative estimate of drug-likeness (QED) is 0.461. The molecule has 0 radical (unpaired) electrons. The molecule has 7 heteroatoms. The standard InChI is InChI=1S/C15H17BrN2O3S/c1-9-12(14(19)21-8-7-20-2)13(18-15(22)17-9)10-3-5-11(16)6-4-10/h3-6,13H,7-8H2,1-2H3,(H2,17,18,22)/t13-/m1/s1. The van der Waals surface area contributed by atoms with Gasteiger partial charge in [0.1, 0.15) is 6.61 Å². The third-order valence-corrected chi connectivity index (χ3v) is 3.96. The first-order valence-electron chi connectivity index (χ1n) is 6.72. The largest absolute Gasteiger partial charge is 0.460 e. The second kappa shape index (κ2) is 7.71. The summed E-state index contributed by atoms with van der Waals surface area (Å²) in [7, 11) is 1.56. The third-order valence-electron chi connectivity index (χ3n) is 3.21. The first kappa shape index (κ1) is 16.9. The van der Waals surface area contributed by atoms with Crippen LogP contribution < -0.4 is 10.6 Å². The number of hydrogen-bond donors (Lipinski definition) is 2. The smallest absolute Gasteiger partial charge is 0.338 e. The molecule has 2 N–H and O–H groups in total. The number of thiocarbonyl (C=S) groups is 1. The van der Waals surface area contributed by atoms with Gasteiger partial charge in [0.25, 0.3) is 0 Å². The maximum Gasteiger partial charge on any atom is 0.338 e. The third kappa shape index (κ3) is 4.06. The number of carbonyl (C=O) groups is 1. The summed E-state index contributed by atoms with van der Waals surface area (Å²) in [6, 6.07) is 7.38. The fraction of sp³-hybridized carbons (Fsp3) is 0.333. The molecule has 0 amide bonds. The predicted octanol–water partition coefficient (Wildman–Crippen LogP) is 2.43. The second-order valence-electron chi connectivity index (χ2n) is 4.75. The Bertz CT molecular complexity index is 601. The van der Waals surface area contributed by atoms with Gasteiger partial charge in [-0.2, -0.15) is 0 Å². The van der Waals surface area contributed by atoms with Crippen molar-refractivity contribution in [2.45, 2.75) is 13.0 Å². The number of benzene rings is 1. The number of ether oxygens (including phenoxy) is 2. The van der Waals surface area contributed by atoms with Gasteiger partial charge in [-0.1, -0.05) is 28.1 Å². The molecule has 0 bridgehead atoms. The fourth-order valence-corrected chi connectivity index (χ4v) is 2.70. The Kier molecular flexibility index (Phi) is 5.93. The van der Waals surface area contributed by atoms with Gasteiger partial charge in [0, 0.05) is 17.3 Å². The fourth-order valence-electron chi connectivity index (χ4n) is 2.17. The molecule has 0 aliphatic carbocycles. The molecule has 1 atom stereocenters. The molecular weight excluding hydrogens is 368 g/mol. The Balaban J connectivity index is 2.28. The van der Waals surface area contributed by atoms with E-state index in [1.807, 2.05) is 31.2 Å². The van der Waals surface area contributed by atoms with E-state index in [0.717, 1.165) is 10.0 Å². The Morgan fingerprint density at radius 3 is 2.64 bits per heavy atom. The minimum atomic E-state index is -0.384. The highest BCUT2D eigenvalue weighted by Crippen LogP contribution is 2.28. The first-order valence-corrected chi connectivity index (χ1v) is 7.93. The van der Waals surface area contributed by atoms with Crippen molar-refractivity contribution in [3.05, 3.63) is 45.6 Å². The van der Waals surface area contributed by atoms with Crippen LogP contribution in [0.3, 0.4) is 0 Å². The first-order chi connectivity index (χ1) is 10.5. The molecule has 1 aliphatic heterocycles. The summed E-state index contributed by atoms with van der Waals surface area (Å²) in [5.41, 5.74) is 2.15. The molecule has 1 heterocycles. The van der Waals surface area contributed by atoms with Crippen LogP contribution in [0.2, 0.25) is 0 Å². The van der Waals surface area contributed by atoms with Crippen LogP contribution in [0.15, 0.2) is 40.0 Å². The summed E-state index contributed by atoms with van der Waals surface area (Å²) in [5.74, 6) is -0.384. The van der Waals surface area contributed by atoms with Gasteiger partial charge in [-0.3, -0.25) is 0 Å². The van der Waals surface area contributed by atoms with E-state index < -0.39 is 0 Å². The lowest BCUT2D eigenvalue weighted by Crippen LogP contribution is -2.45. The Morgan fingerprint density at radius 2 is 2.00 bits per heavy atom. The number of methoxy groups -OCH3 is 1. The molecule has 2 rings (SSSR count). The average molecular weight is 385 g/mol. The highest BCUT2D eigenvalue weighted by atomic mass is 79.9. The van der Waals surface area contributed by atoms with Crippen molar-refractivity contribution in [3.8, 4) is 0 Å². The van der Waals surface area contributed by atoms with Crippen molar-refractivity contribution in [3.63, 3.8) is 0 Å². The Labute approximate surface area is 143 Å². The normalized spacial score (nSPS) is 17.8. The molecule has 5 nitrogen and oxygen atoms in total. The van der Waals surface area contributed by atoms with Gasteiger partial charge in [0.2, 0.25) is 0 Å². The van der Waals surface area contributed by atoms with Crippen molar-refractivity contribution >= 4 is 39.2 Å². The van der Waals surface area contributed by atoms with Crippen molar-refractivity contribution in [2.24, 2.45) is 0 Å². The molecule has 1 aliphatic rings. The van der Waals surface area contributed by atoms with E-state index >= 15 is 0 Å². The zero-order chi connectivity index (χ0) is 16.1. The monoisotopic (exact) mass is 384 g/mol. The minimum absolute atomic E-state index is 0.212. The molecule has 0 saturated carbocycles. The van der Waals surface area contributed by atoms with Gasteiger partial charge in [-0.25, -0.2) is 4.79 Å². The van der Waals surface area contributed by atoms with Gasteiger partial charge in [-0.05, 0) is 36.8 Å². The molecular formula is C15H17BrN2O3S. The molecule has 0 spiro atoms. The maximum absolute atomic E-state index is 12.4. The molecule has 0 aromatic heterocycles. The predicted molar refractivity (Wildman–Crippen MR) is 91.3 cm³/mol. The molecule has 1 aromatic rings. The van der Waals surface area contributed by atoms with Crippen molar-refractivity contribution in [1.82, 2.24) is 10.6 Å². The van der Waals surface area contributed by atoms with Crippen LogP contribution in [0.5, 0.6) is 0 Å². The van der Waals surface area contributed by atoms with Crippen LogP contribution in [0.1, 0.15) is 18.5 Å². The summed E-state index contributed by atoms with van der Waals surface area (Å²) < 4.78 is 11.1. The van der Waals surface area contributed by atoms with Gasteiger partial charge in [0.05, 0.1) is 18.2 Å². The summed E-state index contributed by atoms with van der Waals surface area (Å²) >= 11 is 8.60. The van der Waals surface area contributed by atoms with Crippen molar-refractivity contribution in [1.29, 1.82) is 0 Å². The van der Waals surface area contributed by atoms with E-state index in [-0.39, 0.29) is 18.6 Å². The van der Waals surface area contributed by atoms with E-state index in [1.165, 1.54) is 0 Å². The summed E-state index contributed by atoms with van der Waals surface area (Å²) in [6.45, 7) is 2.38. The molecule has 1 aromatic carbocycles. The molecule has 0 unspecified atom stereocenters. The van der Waals surface area contributed by atoms with E-state index in [9.17, 15) is 4.79 Å². The van der Waals surface area contributed by atoms with Crippen molar-refractivity contribution < 1.29 is 14.3 Å². The van der Waals surface area contributed by atoms with Gasteiger partial charge in [0.15, 0.2) is 5.11 Å². The van der Waals surface area contributed by atoms with E-state index in [2.05, 4.69) is 26.6 Å². The average Bonchev–Trinajstić information content (AvgIpc) is 2.47. The van der Waals surface area contributed by atoms with Crippen LogP contribution in [0.25, 0.3) is 0 Å². The SMILES string of the molecule is COCCOC(=O)C1=C(C)NC(=S)N[C@@H]1c1ccc(Br)cc1. The van der Waals surface area contributed by atoms with E-state index in [1.54, 1.807) is 7.11 Å². The highest BCUT2D eigenvalue weighted by Gasteiger charge is 2.30. The Hall–Kier alpha value is -1.44. The highest BCUT2D eigenvalue weighted by molar-refractivity contribution is 9.10. The van der Waals surface area contributed by atoms with E-state index in [0.29, 0.717) is 23.0 Å². The number of allylic oxidation sites excluding steroid dienone is 1.